The summed E-state index contributed by atoms with van der Waals surface area (Å²) in [5.74, 6) is 0.0283. The molecule has 2 N–H and O–H groups in total. The highest BCUT2D eigenvalue weighted by Gasteiger charge is 2.17. The number of hydrogen-bond acceptors (Lipinski definition) is 5. The SMILES string of the molecule is O=C(NC1CNCCO1)Oc1ccc2c(ccn2CCCc2ccnc(F)c2)c1. The topological polar surface area (TPSA) is 77.4 Å². The molecule has 1 saturated heterocycles. The van der Waals surface area contributed by atoms with Crippen LogP contribution in [0.2, 0.25) is 0 Å². The number of fused-ring (bicyclic) bond motifs is 1. The quantitative estimate of drug-likeness (QED) is 0.625. The zero-order valence-corrected chi connectivity index (χ0v) is 15.9. The van der Waals surface area contributed by atoms with Crippen molar-refractivity contribution in [2.45, 2.75) is 25.6 Å². The molecule has 4 rings (SSSR count). The van der Waals surface area contributed by atoms with Gasteiger partial charge in [0.2, 0.25) is 5.95 Å². The number of carbonyl (C=O) groups excluding carboxylic acids is 1. The Hall–Kier alpha value is -2.97. The number of morpholine rings is 1. The van der Waals surface area contributed by atoms with Gasteiger partial charge in [-0.25, -0.2) is 9.78 Å². The van der Waals surface area contributed by atoms with Crippen LogP contribution in [-0.2, 0) is 17.7 Å². The minimum Gasteiger partial charge on any atom is -0.410 e. The van der Waals surface area contributed by atoms with Crippen LogP contribution in [0.25, 0.3) is 10.9 Å². The fourth-order valence-corrected chi connectivity index (χ4v) is 3.41. The molecule has 1 fully saturated rings. The Kier molecular flexibility index (Phi) is 6.02. The van der Waals surface area contributed by atoms with Crippen molar-refractivity contribution in [1.29, 1.82) is 0 Å². The molecule has 3 aromatic rings. The summed E-state index contributed by atoms with van der Waals surface area (Å²) >= 11 is 0. The van der Waals surface area contributed by atoms with Gasteiger partial charge in [0.05, 0.1) is 6.61 Å². The first-order valence-electron chi connectivity index (χ1n) is 9.67. The third-order valence-corrected chi connectivity index (χ3v) is 4.81. The van der Waals surface area contributed by atoms with Crippen molar-refractivity contribution in [2.75, 3.05) is 19.7 Å². The Bertz CT molecular complexity index is 985. The largest absolute Gasteiger partial charge is 0.414 e. The zero-order valence-electron chi connectivity index (χ0n) is 15.9. The lowest BCUT2D eigenvalue weighted by atomic mass is 10.1. The van der Waals surface area contributed by atoms with E-state index in [0.29, 0.717) is 18.9 Å². The molecule has 7 nitrogen and oxygen atoms in total. The molecule has 1 unspecified atom stereocenters. The molecule has 0 radical (unpaired) electrons. The highest BCUT2D eigenvalue weighted by molar-refractivity contribution is 5.82. The van der Waals surface area contributed by atoms with Gasteiger partial charge in [0.1, 0.15) is 12.0 Å². The number of ether oxygens (including phenoxy) is 2. The summed E-state index contributed by atoms with van der Waals surface area (Å²) in [4.78, 5) is 15.6. The summed E-state index contributed by atoms with van der Waals surface area (Å²) in [6, 6.07) is 10.8. The highest BCUT2D eigenvalue weighted by atomic mass is 19.1. The van der Waals surface area contributed by atoms with Crippen LogP contribution in [0.1, 0.15) is 12.0 Å². The van der Waals surface area contributed by atoms with E-state index in [4.69, 9.17) is 9.47 Å². The van der Waals surface area contributed by atoms with Gasteiger partial charge >= 0.3 is 6.09 Å². The van der Waals surface area contributed by atoms with Crippen LogP contribution in [0.5, 0.6) is 5.75 Å². The second-order valence-corrected chi connectivity index (χ2v) is 6.92. The van der Waals surface area contributed by atoms with E-state index in [1.165, 1.54) is 12.3 Å². The number of carbonyl (C=O) groups is 1. The normalized spacial score (nSPS) is 16.7. The Balaban J connectivity index is 1.33. The molecule has 8 heteroatoms. The van der Waals surface area contributed by atoms with Crippen molar-refractivity contribution in [1.82, 2.24) is 20.2 Å². The average molecular weight is 398 g/mol. The van der Waals surface area contributed by atoms with E-state index >= 15 is 0 Å². The molecule has 2 aromatic heterocycles. The van der Waals surface area contributed by atoms with Crippen LogP contribution in [0, 0.1) is 5.95 Å². The van der Waals surface area contributed by atoms with Crippen molar-refractivity contribution in [3.05, 3.63) is 60.3 Å². The first-order chi connectivity index (χ1) is 14.2. The molecule has 1 aromatic carbocycles. The van der Waals surface area contributed by atoms with Gasteiger partial charge in [-0.2, -0.15) is 4.39 Å². The summed E-state index contributed by atoms with van der Waals surface area (Å²) in [5.41, 5.74) is 1.99. The van der Waals surface area contributed by atoms with Crippen LogP contribution >= 0.6 is 0 Å². The van der Waals surface area contributed by atoms with Gasteiger partial charge in [-0.3, -0.25) is 5.32 Å². The fourth-order valence-electron chi connectivity index (χ4n) is 3.41. The summed E-state index contributed by atoms with van der Waals surface area (Å²) in [7, 11) is 0. The van der Waals surface area contributed by atoms with Gasteiger partial charge < -0.3 is 19.4 Å². The van der Waals surface area contributed by atoms with Gasteiger partial charge in [-0.15, -0.1) is 0 Å². The monoisotopic (exact) mass is 398 g/mol. The molecule has 1 aliphatic heterocycles. The molecule has 1 aliphatic rings. The minimum atomic E-state index is -0.540. The zero-order chi connectivity index (χ0) is 20.1. The standard InChI is InChI=1S/C21H23FN4O3/c22-19-12-15(5-7-24-19)2-1-9-26-10-6-16-13-17(3-4-18(16)26)29-21(27)25-20-14-23-8-11-28-20/h3-7,10,12-13,20,23H,1-2,8-9,11,14H2,(H,25,27). The molecule has 29 heavy (non-hydrogen) atoms. The molecular formula is C21H23FN4O3. The highest BCUT2D eigenvalue weighted by Crippen LogP contribution is 2.23. The first kappa shape index (κ1) is 19.4. The third-order valence-electron chi connectivity index (χ3n) is 4.81. The summed E-state index contributed by atoms with van der Waals surface area (Å²) in [6.45, 7) is 2.70. The number of pyridine rings is 1. The molecule has 0 saturated carbocycles. The predicted molar refractivity (Wildman–Crippen MR) is 106 cm³/mol. The van der Waals surface area contributed by atoms with Crippen LogP contribution < -0.4 is 15.4 Å². The number of benzene rings is 1. The van der Waals surface area contributed by atoms with Crippen LogP contribution in [0.15, 0.2) is 48.8 Å². The molecule has 0 bridgehead atoms. The van der Waals surface area contributed by atoms with Crippen LogP contribution in [0.4, 0.5) is 9.18 Å². The van der Waals surface area contributed by atoms with Gasteiger partial charge in [-0.1, -0.05) is 0 Å². The number of nitrogens with zero attached hydrogens (tertiary/aromatic N) is 2. The molecule has 0 aliphatic carbocycles. The van der Waals surface area contributed by atoms with Crippen molar-refractivity contribution < 1.29 is 18.7 Å². The number of aryl methyl sites for hydroxylation is 2. The Labute approximate surface area is 167 Å². The number of nitrogens with one attached hydrogen (secondary N) is 2. The smallest absolute Gasteiger partial charge is 0.410 e. The lowest BCUT2D eigenvalue weighted by Gasteiger charge is -2.23. The third kappa shape index (κ3) is 5.10. The van der Waals surface area contributed by atoms with Crippen LogP contribution in [-0.4, -0.2) is 41.6 Å². The number of aromatic nitrogens is 2. The lowest BCUT2D eigenvalue weighted by Crippen LogP contribution is -2.49. The number of amides is 1. The number of halogens is 1. The first-order valence-corrected chi connectivity index (χ1v) is 9.67. The number of rotatable bonds is 6. The molecule has 1 atom stereocenters. The second kappa shape index (κ2) is 9.02. The lowest BCUT2D eigenvalue weighted by molar-refractivity contribution is 0.0105. The van der Waals surface area contributed by atoms with E-state index in [1.807, 2.05) is 30.5 Å². The molecule has 152 valence electrons. The van der Waals surface area contributed by atoms with Crippen LogP contribution in [0.3, 0.4) is 0 Å². The minimum absolute atomic E-state index is 0.380. The maximum atomic E-state index is 13.2. The molecular weight excluding hydrogens is 375 g/mol. The van der Waals surface area contributed by atoms with E-state index in [1.54, 1.807) is 6.07 Å². The van der Waals surface area contributed by atoms with Gasteiger partial charge in [0.25, 0.3) is 0 Å². The van der Waals surface area contributed by atoms with Crippen molar-refractivity contribution >= 4 is 17.0 Å². The Morgan fingerprint density at radius 1 is 1.34 bits per heavy atom. The van der Waals surface area contributed by atoms with E-state index in [0.717, 1.165) is 42.4 Å². The van der Waals surface area contributed by atoms with E-state index in [2.05, 4.69) is 20.2 Å². The van der Waals surface area contributed by atoms with E-state index < -0.39 is 12.0 Å². The Morgan fingerprint density at radius 2 is 2.28 bits per heavy atom. The molecule has 0 spiro atoms. The summed E-state index contributed by atoms with van der Waals surface area (Å²) in [5, 5.41) is 6.81. The van der Waals surface area contributed by atoms with Gasteiger partial charge in [0, 0.05) is 42.9 Å². The van der Waals surface area contributed by atoms with Gasteiger partial charge in [-0.05, 0) is 54.8 Å². The average Bonchev–Trinajstić information content (AvgIpc) is 3.11. The second-order valence-electron chi connectivity index (χ2n) is 6.92. The summed E-state index contributed by atoms with van der Waals surface area (Å²) in [6.07, 6.45) is 4.23. The molecule has 3 heterocycles. The maximum Gasteiger partial charge on any atom is 0.414 e. The van der Waals surface area contributed by atoms with E-state index in [9.17, 15) is 9.18 Å². The summed E-state index contributed by atoms with van der Waals surface area (Å²) < 4.78 is 26.1. The van der Waals surface area contributed by atoms with E-state index in [-0.39, 0.29) is 6.23 Å². The molecule has 1 amide bonds. The maximum absolute atomic E-state index is 13.2. The van der Waals surface area contributed by atoms with Gasteiger partial charge in [0.15, 0.2) is 0 Å². The van der Waals surface area contributed by atoms with Crippen molar-refractivity contribution in [3.8, 4) is 5.75 Å². The Morgan fingerprint density at radius 3 is 3.10 bits per heavy atom. The fraction of sp³-hybridized carbons (Fsp3) is 0.333. The van der Waals surface area contributed by atoms with Crippen molar-refractivity contribution in [3.63, 3.8) is 0 Å². The predicted octanol–water partition coefficient (Wildman–Crippen LogP) is 2.84. The number of hydrogen-bond donors (Lipinski definition) is 2. The van der Waals surface area contributed by atoms with Crippen molar-refractivity contribution in [2.24, 2.45) is 0 Å².